The average molecular weight is 280 g/mol. The minimum atomic E-state index is -0.255. The number of hydrogen-bond acceptors (Lipinski definition) is 3. The molecule has 0 aliphatic rings. The third-order valence-electron chi connectivity index (χ3n) is 2.99. The maximum atomic E-state index is 11.3. The lowest BCUT2D eigenvalue weighted by atomic mass is 10.2. The first-order valence-corrected chi connectivity index (χ1v) is 7.76. The minimum Gasteiger partial charge on any atom is -0.368 e. The quantitative estimate of drug-likeness (QED) is 0.720. The zero-order chi connectivity index (χ0) is 14.3. The van der Waals surface area contributed by atoms with Crippen molar-refractivity contribution in [2.24, 2.45) is 5.73 Å². The zero-order valence-corrected chi connectivity index (χ0v) is 12.8. The Labute approximate surface area is 120 Å². The number of nitrogens with one attached hydrogen (secondary N) is 1. The van der Waals surface area contributed by atoms with E-state index in [1.54, 1.807) is 11.8 Å². The van der Waals surface area contributed by atoms with Crippen molar-refractivity contribution in [1.82, 2.24) is 5.32 Å². The second-order valence-corrected chi connectivity index (χ2v) is 5.95. The Balaban J connectivity index is 2.47. The van der Waals surface area contributed by atoms with Crippen LogP contribution in [0.2, 0.25) is 0 Å². The van der Waals surface area contributed by atoms with E-state index in [-0.39, 0.29) is 11.9 Å². The number of hydrogen-bond donors (Lipinski definition) is 2. The Morgan fingerprint density at radius 2 is 2.16 bits per heavy atom. The van der Waals surface area contributed by atoms with E-state index in [1.807, 2.05) is 0 Å². The topological polar surface area (TPSA) is 55.1 Å². The SMILES string of the molecule is CCCNC(CCSc1cc(C)ccc1C)C(N)=O. The van der Waals surface area contributed by atoms with Crippen LogP contribution < -0.4 is 11.1 Å². The molecule has 3 N–H and O–H groups in total. The molecule has 106 valence electrons. The fraction of sp³-hybridized carbons (Fsp3) is 0.533. The van der Waals surface area contributed by atoms with Gasteiger partial charge in [0.1, 0.15) is 0 Å². The number of amides is 1. The monoisotopic (exact) mass is 280 g/mol. The predicted octanol–water partition coefficient (Wildman–Crippen LogP) is 2.64. The molecule has 0 aliphatic carbocycles. The minimum absolute atomic E-state index is 0.211. The average Bonchev–Trinajstić information content (AvgIpc) is 2.37. The van der Waals surface area contributed by atoms with Crippen LogP contribution in [0.25, 0.3) is 0 Å². The van der Waals surface area contributed by atoms with Gasteiger partial charge in [-0.05, 0) is 44.9 Å². The van der Waals surface area contributed by atoms with Gasteiger partial charge >= 0.3 is 0 Å². The summed E-state index contributed by atoms with van der Waals surface area (Å²) in [6, 6.07) is 6.24. The van der Waals surface area contributed by atoms with Gasteiger partial charge in [-0.1, -0.05) is 24.6 Å². The van der Waals surface area contributed by atoms with Gasteiger partial charge in [0.15, 0.2) is 0 Å². The molecule has 1 rings (SSSR count). The van der Waals surface area contributed by atoms with Gasteiger partial charge in [-0.2, -0.15) is 0 Å². The van der Waals surface area contributed by atoms with Gasteiger partial charge in [0, 0.05) is 10.6 Å². The summed E-state index contributed by atoms with van der Waals surface area (Å²) in [5.74, 6) is 0.643. The second kappa shape index (κ2) is 8.23. The molecule has 0 saturated heterocycles. The highest BCUT2D eigenvalue weighted by molar-refractivity contribution is 7.99. The van der Waals surface area contributed by atoms with Crippen molar-refractivity contribution >= 4 is 17.7 Å². The normalized spacial score (nSPS) is 12.4. The lowest BCUT2D eigenvalue weighted by molar-refractivity contribution is -0.120. The summed E-state index contributed by atoms with van der Waals surface area (Å²) in [7, 11) is 0. The van der Waals surface area contributed by atoms with Crippen molar-refractivity contribution in [3.8, 4) is 0 Å². The Morgan fingerprint density at radius 1 is 1.42 bits per heavy atom. The molecule has 0 radical (unpaired) electrons. The van der Waals surface area contributed by atoms with Gasteiger partial charge in [0.2, 0.25) is 5.91 Å². The van der Waals surface area contributed by atoms with Crippen LogP contribution in [-0.2, 0) is 4.79 Å². The van der Waals surface area contributed by atoms with Crippen LogP contribution >= 0.6 is 11.8 Å². The standard InChI is InChI=1S/C15H24N2OS/c1-4-8-17-13(15(16)18)7-9-19-14-10-11(2)5-6-12(14)3/h5-6,10,13,17H,4,7-9H2,1-3H3,(H2,16,18). The van der Waals surface area contributed by atoms with Crippen LogP contribution in [0.15, 0.2) is 23.1 Å². The Hall–Kier alpha value is -1.00. The molecule has 1 unspecified atom stereocenters. The maximum absolute atomic E-state index is 11.3. The lowest BCUT2D eigenvalue weighted by Crippen LogP contribution is -2.41. The van der Waals surface area contributed by atoms with Crippen molar-refractivity contribution < 1.29 is 4.79 Å². The molecule has 0 saturated carbocycles. The molecule has 19 heavy (non-hydrogen) atoms. The third kappa shape index (κ3) is 5.66. The first kappa shape index (κ1) is 16.1. The van der Waals surface area contributed by atoms with Gasteiger partial charge in [0.25, 0.3) is 0 Å². The molecule has 0 fully saturated rings. The molecular formula is C15H24N2OS. The van der Waals surface area contributed by atoms with E-state index in [1.165, 1.54) is 16.0 Å². The molecule has 0 heterocycles. The van der Waals surface area contributed by atoms with Gasteiger partial charge in [0.05, 0.1) is 6.04 Å². The highest BCUT2D eigenvalue weighted by atomic mass is 32.2. The molecule has 3 nitrogen and oxygen atoms in total. The second-order valence-electron chi connectivity index (χ2n) is 4.82. The van der Waals surface area contributed by atoms with Crippen LogP contribution in [0, 0.1) is 13.8 Å². The number of primary amides is 1. The highest BCUT2D eigenvalue weighted by Crippen LogP contribution is 2.24. The van der Waals surface area contributed by atoms with Crippen molar-refractivity contribution in [2.75, 3.05) is 12.3 Å². The Morgan fingerprint density at radius 3 is 2.79 bits per heavy atom. The van der Waals surface area contributed by atoms with Crippen LogP contribution in [-0.4, -0.2) is 24.2 Å². The van der Waals surface area contributed by atoms with Crippen molar-refractivity contribution in [2.45, 2.75) is 44.6 Å². The van der Waals surface area contributed by atoms with Gasteiger partial charge < -0.3 is 11.1 Å². The number of aryl methyl sites for hydroxylation is 2. The zero-order valence-electron chi connectivity index (χ0n) is 12.0. The lowest BCUT2D eigenvalue weighted by Gasteiger charge is -2.15. The summed E-state index contributed by atoms with van der Waals surface area (Å²) in [6.07, 6.45) is 1.78. The van der Waals surface area contributed by atoms with Crippen LogP contribution in [0.3, 0.4) is 0 Å². The van der Waals surface area contributed by atoms with Crippen LogP contribution in [0.1, 0.15) is 30.9 Å². The Kier molecular flexibility index (Phi) is 6.95. The summed E-state index contributed by atoms with van der Waals surface area (Å²) in [4.78, 5) is 12.6. The molecule has 1 aromatic rings. The summed E-state index contributed by atoms with van der Waals surface area (Å²) in [6.45, 7) is 7.12. The molecular weight excluding hydrogens is 256 g/mol. The van der Waals surface area contributed by atoms with Crippen LogP contribution in [0.4, 0.5) is 0 Å². The number of carbonyl (C=O) groups is 1. The number of benzene rings is 1. The molecule has 0 spiro atoms. The molecule has 1 aromatic carbocycles. The largest absolute Gasteiger partial charge is 0.368 e. The Bertz CT molecular complexity index is 421. The number of rotatable bonds is 8. The summed E-state index contributed by atoms with van der Waals surface area (Å²) in [5, 5.41) is 3.19. The van der Waals surface area contributed by atoms with E-state index in [0.29, 0.717) is 0 Å². The smallest absolute Gasteiger partial charge is 0.234 e. The highest BCUT2D eigenvalue weighted by Gasteiger charge is 2.13. The molecule has 1 amide bonds. The van der Waals surface area contributed by atoms with Crippen molar-refractivity contribution in [3.63, 3.8) is 0 Å². The molecule has 0 aliphatic heterocycles. The molecule has 0 aromatic heterocycles. The summed E-state index contributed by atoms with van der Waals surface area (Å²) in [5.41, 5.74) is 7.95. The summed E-state index contributed by atoms with van der Waals surface area (Å²) >= 11 is 1.79. The first-order valence-electron chi connectivity index (χ1n) is 6.77. The van der Waals surface area contributed by atoms with E-state index >= 15 is 0 Å². The number of nitrogens with two attached hydrogens (primary N) is 1. The number of thioether (sulfide) groups is 1. The fourth-order valence-electron chi connectivity index (χ4n) is 1.81. The van der Waals surface area contributed by atoms with Crippen LogP contribution in [0.5, 0.6) is 0 Å². The van der Waals surface area contributed by atoms with E-state index < -0.39 is 0 Å². The van der Waals surface area contributed by atoms with E-state index in [0.717, 1.165) is 25.1 Å². The van der Waals surface area contributed by atoms with E-state index in [4.69, 9.17) is 5.73 Å². The van der Waals surface area contributed by atoms with Gasteiger partial charge in [-0.3, -0.25) is 4.79 Å². The summed E-state index contributed by atoms with van der Waals surface area (Å²) < 4.78 is 0. The van der Waals surface area contributed by atoms with Gasteiger partial charge in [-0.15, -0.1) is 11.8 Å². The van der Waals surface area contributed by atoms with Crippen molar-refractivity contribution in [3.05, 3.63) is 29.3 Å². The third-order valence-corrected chi connectivity index (χ3v) is 4.18. The first-order chi connectivity index (χ1) is 9.04. The maximum Gasteiger partial charge on any atom is 0.234 e. The fourth-order valence-corrected chi connectivity index (χ4v) is 2.95. The molecule has 4 heteroatoms. The molecule has 0 bridgehead atoms. The van der Waals surface area contributed by atoms with E-state index in [2.05, 4.69) is 44.3 Å². The van der Waals surface area contributed by atoms with E-state index in [9.17, 15) is 4.79 Å². The molecule has 1 atom stereocenters. The predicted molar refractivity (Wildman–Crippen MR) is 82.5 cm³/mol. The number of carbonyl (C=O) groups excluding carboxylic acids is 1. The van der Waals surface area contributed by atoms with Crippen molar-refractivity contribution in [1.29, 1.82) is 0 Å². The van der Waals surface area contributed by atoms with Gasteiger partial charge in [-0.25, -0.2) is 0 Å².